The standard InChI is InChI=1S/C6H13NO2S.C2HF3O2/c1-5-6(3-7-5)4-10(2,8)9;3-2(4,5)1(6)7/h5-7H,3-4H2,1-2H3;(H,6,7)/t5-,6-;/m1./s1. The zero-order valence-electron chi connectivity index (χ0n) is 9.28. The summed E-state index contributed by atoms with van der Waals surface area (Å²) in [5.41, 5.74) is 0. The molecule has 1 aliphatic heterocycles. The Morgan fingerprint density at radius 2 is 1.88 bits per heavy atom. The van der Waals surface area contributed by atoms with Gasteiger partial charge in [0.15, 0.2) is 0 Å². The summed E-state index contributed by atoms with van der Waals surface area (Å²) in [6.45, 7) is 2.87. The topological polar surface area (TPSA) is 83.5 Å². The van der Waals surface area contributed by atoms with Gasteiger partial charge in [-0.05, 0) is 6.92 Å². The highest BCUT2D eigenvalue weighted by Crippen LogP contribution is 2.14. The number of aliphatic carboxylic acids is 1. The lowest BCUT2D eigenvalue weighted by Crippen LogP contribution is -2.53. The average Bonchev–Trinajstić information content (AvgIpc) is 2.10. The van der Waals surface area contributed by atoms with Crippen LogP contribution in [0.3, 0.4) is 0 Å². The third-order valence-corrected chi connectivity index (χ3v) is 3.20. The van der Waals surface area contributed by atoms with Crippen LogP contribution < -0.4 is 5.32 Å². The first-order chi connectivity index (χ1) is 7.43. The van der Waals surface area contributed by atoms with Crippen LogP contribution in [0.15, 0.2) is 0 Å². The Balaban J connectivity index is 0.000000325. The van der Waals surface area contributed by atoms with Crippen molar-refractivity contribution < 1.29 is 31.5 Å². The molecule has 102 valence electrons. The van der Waals surface area contributed by atoms with Gasteiger partial charge >= 0.3 is 12.1 Å². The molecular weight excluding hydrogens is 263 g/mol. The van der Waals surface area contributed by atoms with Gasteiger partial charge in [-0.1, -0.05) is 0 Å². The van der Waals surface area contributed by atoms with Crippen molar-refractivity contribution in [3.8, 4) is 0 Å². The van der Waals surface area contributed by atoms with Gasteiger partial charge in [0, 0.05) is 24.8 Å². The van der Waals surface area contributed by atoms with Crippen LogP contribution in [0.25, 0.3) is 0 Å². The second-order valence-electron chi connectivity index (χ2n) is 3.85. The molecule has 2 N–H and O–H groups in total. The van der Waals surface area contributed by atoms with Crippen molar-refractivity contribution in [3.05, 3.63) is 0 Å². The van der Waals surface area contributed by atoms with Gasteiger partial charge in [0.25, 0.3) is 0 Å². The predicted molar refractivity (Wildman–Crippen MR) is 54.4 cm³/mol. The van der Waals surface area contributed by atoms with Crippen molar-refractivity contribution in [3.63, 3.8) is 0 Å². The molecule has 1 rings (SSSR count). The van der Waals surface area contributed by atoms with E-state index in [4.69, 9.17) is 9.90 Å². The normalized spacial score (nSPS) is 24.3. The van der Waals surface area contributed by atoms with Gasteiger partial charge in [-0.2, -0.15) is 13.2 Å². The lowest BCUT2D eigenvalue weighted by Gasteiger charge is -2.34. The summed E-state index contributed by atoms with van der Waals surface area (Å²) >= 11 is 0. The second kappa shape index (κ2) is 5.67. The van der Waals surface area contributed by atoms with Crippen molar-refractivity contribution in [2.24, 2.45) is 5.92 Å². The van der Waals surface area contributed by atoms with Gasteiger partial charge in [0.05, 0.1) is 5.75 Å². The highest BCUT2D eigenvalue weighted by molar-refractivity contribution is 7.90. The van der Waals surface area contributed by atoms with Crippen LogP contribution in [-0.4, -0.2) is 50.3 Å². The molecule has 0 radical (unpaired) electrons. The van der Waals surface area contributed by atoms with E-state index in [2.05, 4.69) is 5.32 Å². The summed E-state index contributed by atoms with van der Waals surface area (Å²) in [5.74, 6) is -2.08. The monoisotopic (exact) mass is 277 g/mol. The maximum atomic E-state index is 10.8. The van der Waals surface area contributed by atoms with Gasteiger partial charge in [-0.15, -0.1) is 0 Å². The molecule has 0 saturated carbocycles. The van der Waals surface area contributed by atoms with Gasteiger partial charge in [-0.25, -0.2) is 13.2 Å². The molecule has 1 heterocycles. The van der Waals surface area contributed by atoms with E-state index in [1.54, 1.807) is 0 Å². The van der Waals surface area contributed by atoms with E-state index in [0.29, 0.717) is 17.7 Å². The molecule has 0 aliphatic carbocycles. The minimum absolute atomic E-state index is 0.334. The van der Waals surface area contributed by atoms with Crippen LogP contribution in [0.1, 0.15) is 6.92 Å². The number of carbonyl (C=O) groups is 1. The van der Waals surface area contributed by atoms with Crippen LogP contribution >= 0.6 is 0 Å². The molecule has 0 unspecified atom stereocenters. The Kier molecular flexibility index (Phi) is 5.40. The van der Waals surface area contributed by atoms with Crippen molar-refractivity contribution >= 4 is 15.8 Å². The van der Waals surface area contributed by atoms with Crippen LogP contribution in [0.2, 0.25) is 0 Å². The molecule has 0 amide bonds. The van der Waals surface area contributed by atoms with E-state index >= 15 is 0 Å². The van der Waals surface area contributed by atoms with Crippen LogP contribution in [0.5, 0.6) is 0 Å². The molecule has 0 aromatic rings. The zero-order chi connectivity index (χ0) is 13.9. The summed E-state index contributed by atoms with van der Waals surface area (Å²) in [7, 11) is -2.76. The fraction of sp³-hybridized carbons (Fsp3) is 0.875. The summed E-state index contributed by atoms with van der Waals surface area (Å²) < 4.78 is 53.2. The third-order valence-electron chi connectivity index (χ3n) is 2.17. The molecule has 0 bridgehead atoms. The lowest BCUT2D eigenvalue weighted by molar-refractivity contribution is -0.192. The minimum atomic E-state index is -5.08. The molecule has 0 aromatic carbocycles. The first kappa shape index (κ1) is 16.2. The number of rotatable bonds is 2. The number of nitrogens with one attached hydrogen (secondary N) is 1. The van der Waals surface area contributed by atoms with Crippen molar-refractivity contribution in [1.29, 1.82) is 0 Å². The molecule has 2 atom stereocenters. The third kappa shape index (κ3) is 7.16. The summed E-state index contributed by atoms with van der Waals surface area (Å²) in [5, 5.41) is 10.2. The number of hydrogen-bond acceptors (Lipinski definition) is 4. The van der Waals surface area contributed by atoms with Gasteiger partial charge in [-0.3, -0.25) is 0 Å². The number of halogens is 3. The second-order valence-corrected chi connectivity index (χ2v) is 6.04. The molecular formula is C8H14F3NO4S. The van der Waals surface area contributed by atoms with Gasteiger partial charge in [0.1, 0.15) is 9.84 Å². The maximum absolute atomic E-state index is 10.8. The largest absolute Gasteiger partial charge is 0.490 e. The maximum Gasteiger partial charge on any atom is 0.490 e. The highest BCUT2D eigenvalue weighted by atomic mass is 32.2. The first-order valence-corrected chi connectivity index (χ1v) is 6.70. The fourth-order valence-electron chi connectivity index (χ4n) is 1.11. The van der Waals surface area contributed by atoms with E-state index in [9.17, 15) is 21.6 Å². The number of carboxylic acid groups (broad SMARTS) is 1. The van der Waals surface area contributed by atoms with Crippen LogP contribution in [-0.2, 0) is 14.6 Å². The summed E-state index contributed by atoms with van der Waals surface area (Å²) in [4.78, 5) is 8.90. The van der Waals surface area contributed by atoms with Crippen molar-refractivity contribution in [2.75, 3.05) is 18.6 Å². The molecule has 5 nitrogen and oxygen atoms in total. The van der Waals surface area contributed by atoms with Crippen LogP contribution in [0.4, 0.5) is 13.2 Å². The Morgan fingerprint density at radius 3 is 1.94 bits per heavy atom. The minimum Gasteiger partial charge on any atom is -0.475 e. The molecule has 1 aliphatic rings. The van der Waals surface area contributed by atoms with E-state index in [-0.39, 0.29) is 0 Å². The Hall–Kier alpha value is -0.830. The average molecular weight is 277 g/mol. The summed E-state index contributed by atoms with van der Waals surface area (Å²) in [6.07, 6.45) is -3.79. The Morgan fingerprint density at radius 1 is 1.47 bits per heavy atom. The SMILES string of the molecule is C[C@H]1NC[C@@H]1CS(C)(=O)=O.O=C(O)C(F)(F)F. The van der Waals surface area contributed by atoms with Gasteiger partial charge < -0.3 is 10.4 Å². The van der Waals surface area contributed by atoms with E-state index in [0.717, 1.165) is 6.54 Å². The number of sulfone groups is 1. The molecule has 1 saturated heterocycles. The van der Waals surface area contributed by atoms with Crippen molar-refractivity contribution in [1.82, 2.24) is 5.32 Å². The number of carboxylic acids is 1. The van der Waals surface area contributed by atoms with Gasteiger partial charge in [0.2, 0.25) is 0 Å². The number of alkyl halides is 3. The Labute approximate surface area is 96.9 Å². The van der Waals surface area contributed by atoms with Crippen LogP contribution in [0, 0.1) is 5.92 Å². The van der Waals surface area contributed by atoms with E-state index < -0.39 is 22.0 Å². The van der Waals surface area contributed by atoms with E-state index in [1.807, 2.05) is 6.92 Å². The molecule has 1 fully saturated rings. The van der Waals surface area contributed by atoms with Crippen molar-refractivity contribution in [2.45, 2.75) is 19.1 Å². The highest BCUT2D eigenvalue weighted by Gasteiger charge is 2.38. The predicted octanol–water partition coefficient (Wildman–Crippen LogP) is 0.272. The lowest BCUT2D eigenvalue weighted by atomic mass is 9.96. The van der Waals surface area contributed by atoms with E-state index in [1.165, 1.54) is 6.26 Å². The molecule has 17 heavy (non-hydrogen) atoms. The molecule has 0 aromatic heterocycles. The summed E-state index contributed by atoms with van der Waals surface area (Å²) in [6, 6.07) is 0.384. The fourth-order valence-corrected chi connectivity index (χ4v) is 2.30. The Bertz CT molecular complexity index is 365. The first-order valence-electron chi connectivity index (χ1n) is 4.64. The quantitative estimate of drug-likeness (QED) is 0.757. The smallest absolute Gasteiger partial charge is 0.475 e. The zero-order valence-corrected chi connectivity index (χ0v) is 10.1. The molecule has 9 heteroatoms. The molecule has 0 spiro atoms. The number of hydrogen-bond donors (Lipinski definition) is 2.